The fraction of sp³-hybridized carbons (Fsp3) is 0.250. The molecule has 2 rings (SSSR count). The molecule has 0 saturated carbocycles. The van der Waals surface area contributed by atoms with E-state index < -0.39 is 16.9 Å². The first kappa shape index (κ1) is 22.3. The summed E-state index contributed by atoms with van der Waals surface area (Å²) in [5.74, 6) is -0.455. The van der Waals surface area contributed by atoms with Crippen molar-refractivity contribution in [3.8, 4) is 0 Å². The number of hydrazine groups is 2. The molecule has 0 atom stereocenters. The number of rotatable bonds is 9. The fourth-order valence-electron chi connectivity index (χ4n) is 2.55. The lowest BCUT2D eigenvalue weighted by Gasteiger charge is -2.40. The average molecular weight is 414 g/mol. The molecule has 10 nitrogen and oxygen atoms in total. The number of anilines is 2. The Bertz CT molecular complexity index is 886. The van der Waals surface area contributed by atoms with Gasteiger partial charge in [-0.25, -0.2) is 4.79 Å². The molecule has 0 unspecified atom stereocenters. The molecule has 0 heterocycles. The molecule has 2 N–H and O–H groups in total. The van der Waals surface area contributed by atoms with Gasteiger partial charge in [0.05, 0.1) is 22.9 Å². The van der Waals surface area contributed by atoms with Gasteiger partial charge in [0.25, 0.3) is 5.69 Å². The van der Waals surface area contributed by atoms with Gasteiger partial charge in [0.1, 0.15) is 0 Å². The quantitative estimate of drug-likeness (QED) is 0.365. The number of allylic oxidation sites excluding steroid dienone is 1. The Morgan fingerprint density at radius 3 is 2.27 bits per heavy atom. The molecular weight excluding hydrogens is 390 g/mol. The Labute approximate surface area is 174 Å². The van der Waals surface area contributed by atoms with E-state index in [2.05, 4.69) is 10.9 Å². The summed E-state index contributed by atoms with van der Waals surface area (Å²) in [5, 5.41) is 26.2. The van der Waals surface area contributed by atoms with E-state index in [9.17, 15) is 20.0 Å². The van der Waals surface area contributed by atoms with Gasteiger partial charge in [0.2, 0.25) is 0 Å². The molecule has 0 fully saturated rings. The second-order valence-electron chi connectivity index (χ2n) is 6.05. The molecule has 0 radical (unpaired) electrons. The molecule has 0 bridgehead atoms. The lowest BCUT2D eigenvalue weighted by Crippen LogP contribution is -2.50. The van der Waals surface area contributed by atoms with Crippen molar-refractivity contribution in [3.05, 3.63) is 76.3 Å². The maximum absolute atomic E-state index is 13.0. The van der Waals surface area contributed by atoms with E-state index in [1.165, 1.54) is 34.3 Å². The molecule has 0 aliphatic rings. The van der Waals surface area contributed by atoms with Crippen molar-refractivity contribution in [2.75, 3.05) is 23.6 Å². The van der Waals surface area contributed by atoms with Gasteiger partial charge >= 0.3 is 6.09 Å². The van der Waals surface area contributed by atoms with Crippen LogP contribution >= 0.6 is 0 Å². The van der Waals surface area contributed by atoms with E-state index in [4.69, 9.17) is 4.74 Å². The highest BCUT2D eigenvalue weighted by Crippen LogP contribution is 2.20. The number of benzene rings is 2. The molecule has 30 heavy (non-hydrogen) atoms. The molecule has 0 aliphatic heterocycles. The minimum Gasteiger partial charge on any atom is -0.858 e. The molecule has 1 amide bonds. The highest BCUT2D eigenvalue weighted by atomic mass is 16.6. The molecule has 2 aromatic carbocycles. The zero-order chi connectivity index (χ0) is 22.1. The Kier molecular flexibility index (Phi) is 7.86. The van der Waals surface area contributed by atoms with Crippen molar-refractivity contribution < 1.29 is 19.6 Å². The van der Waals surface area contributed by atoms with Gasteiger partial charge in [0, 0.05) is 30.3 Å². The molecule has 0 aromatic heterocycles. The number of nitro groups is 1. The molecule has 0 aliphatic carbocycles. The number of para-hydroxylation sites is 1. The third kappa shape index (κ3) is 5.53. The summed E-state index contributed by atoms with van der Waals surface area (Å²) < 4.78 is 5.12. The van der Waals surface area contributed by atoms with E-state index in [1.807, 2.05) is 0 Å². The van der Waals surface area contributed by atoms with Gasteiger partial charge in [-0.15, -0.1) is 0 Å². The minimum absolute atomic E-state index is 0.0394. The zero-order valence-corrected chi connectivity index (χ0v) is 17.0. The van der Waals surface area contributed by atoms with Crippen LogP contribution in [0.25, 0.3) is 0 Å². The van der Waals surface area contributed by atoms with Crippen molar-refractivity contribution in [2.24, 2.45) is 0 Å². The first-order valence-electron chi connectivity index (χ1n) is 9.32. The second-order valence-corrected chi connectivity index (χ2v) is 6.05. The number of carbonyl (C=O) groups excluding carboxylic acids is 1. The summed E-state index contributed by atoms with van der Waals surface area (Å²) in [6, 6.07) is 14.4. The zero-order valence-electron chi connectivity index (χ0n) is 17.0. The van der Waals surface area contributed by atoms with E-state index in [1.54, 1.807) is 51.1 Å². The number of nitro benzene ring substituents is 1. The fourth-order valence-corrected chi connectivity index (χ4v) is 2.55. The number of nitrogens with one attached hydrogen (secondary N) is 2. The van der Waals surface area contributed by atoms with E-state index in [-0.39, 0.29) is 24.5 Å². The van der Waals surface area contributed by atoms with Crippen LogP contribution in [0.3, 0.4) is 0 Å². The van der Waals surface area contributed by atoms with E-state index in [0.717, 1.165) is 0 Å². The first-order valence-corrected chi connectivity index (χ1v) is 9.32. The van der Waals surface area contributed by atoms with Gasteiger partial charge in [-0.3, -0.25) is 15.1 Å². The molecule has 10 heteroatoms. The highest BCUT2D eigenvalue weighted by Gasteiger charge is 2.23. The summed E-state index contributed by atoms with van der Waals surface area (Å²) in [7, 11) is 0. The van der Waals surface area contributed by atoms with Crippen molar-refractivity contribution in [1.29, 1.82) is 0 Å². The Morgan fingerprint density at radius 1 is 1.10 bits per heavy atom. The molecule has 0 spiro atoms. The number of ether oxygens (including phenoxy) is 1. The third-order valence-electron chi connectivity index (χ3n) is 4.01. The Hall–Kier alpha value is -3.95. The van der Waals surface area contributed by atoms with Crippen LogP contribution in [0.15, 0.2) is 66.2 Å². The van der Waals surface area contributed by atoms with Crippen LogP contribution in [0, 0.1) is 10.1 Å². The number of amides is 1. The van der Waals surface area contributed by atoms with Crippen LogP contribution in [-0.4, -0.2) is 29.2 Å². The van der Waals surface area contributed by atoms with Crippen molar-refractivity contribution in [1.82, 2.24) is 10.4 Å². The van der Waals surface area contributed by atoms with Gasteiger partial charge in [-0.1, -0.05) is 18.2 Å². The van der Waals surface area contributed by atoms with Crippen LogP contribution in [-0.2, 0) is 4.74 Å². The molecule has 160 valence electrons. The van der Waals surface area contributed by atoms with Gasteiger partial charge in [-0.2, -0.15) is 5.01 Å². The SMILES string of the molecule is CCOC(=O)N(c1ccccc1)N(CC)C([O-])=C(C)NNc1ccc([N+](=O)[O-])cc1. The summed E-state index contributed by atoms with van der Waals surface area (Å²) in [6.45, 7) is 5.35. The van der Waals surface area contributed by atoms with Gasteiger partial charge in [-0.05, 0) is 45.0 Å². The standard InChI is InChI=1S/C20H25N5O5/c1-4-23(24(20(27)30-5-2)17-9-7-6-8-10-17)19(26)15(3)21-22-16-11-13-18(14-12-16)25(28)29/h6-14,21-22,26H,4-5H2,1-3H3/p-1. The molecular formula is C20H24N5O5-. The summed E-state index contributed by atoms with van der Waals surface area (Å²) in [5.41, 5.74) is 6.76. The lowest BCUT2D eigenvalue weighted by molar-refractivity contribution is -0.384. The summed E-state index contributed by atoms with van der Waals surface area (Å²) in [6.07, 6.45) is -0.671. The maximum Gasteiger partial charge on any atom is 0.433 e. The largest absolute Gasteiger partial charge is 0.858 e. The number of hydrogen-bond donors (Lipinski definition) is 2. The lowest BCUT2D eigenvalue weighted by atomic mass is 10.3. The number of hydrogen-bond acceptors (Lipinski definition) is 8. The predicted octanol–water partition coefficient (Wildman–Crippen LogP) is 2.96. The predicted molar refractivity (Wildman–Crippen MR) is 111 cm³/mol. The van der Waals surface area contributed by atoms with Gasteiger partial charge in [0.15, 0.2) is 0 Å². The summed E-state index contributed by atoms with van der Waals surface area (Å²) >= 11 is 0. The van der Waals surface area contributed by atoms with Crippen LogP contribution in [0.2, 0.25) is 0 Å². The van der Waals surface area contributed by atoms with E-state index >= 15 is 0 Å². The van der Waals surface area contributed by atoms with Crippen molar-refractivity contribution in [3.63, 3.8) is 0 Å². The minimum atomic E-state index is -0.671. The monoisotopic (exact) mass is 414 g/mol. The van der Waals surface area contributed by atoms with Crippen LogP contribution in [0.1, 0.15) is 20.8 Å². The number of carbonyl (C=O) groups is 1. The van der Waals surface area contributed by atoms with Crippen LogP contribution in [0.5, 0.6) is 0 Å². The smallest absolute Gasteiger partial charge is 0.433 e. The highest BCUT2D eigenvalue weighted by molar-refractivity contribution is 5.86. The molecule has 0 saturated heterocycles. The van der Waals surface area contributed by atoms with Crippen LogP contribution in [0.4, 0.5) is 21.9 Å². The average Bonchev–Trinajstić information content (AvgIpc) is 2.76. The topological polar surface area (TPSA) is 123 Å². The molecule has 2 aromatic rings. The number of non-ortho nitro benzene ring substituents is 1. The normalized spacial score (nSPS) is 11.2. The number of nitrogens with zero attached hydrogens (tertiary/aromatic N) is 3. The van der Waals surface area contributed by atoms with Gasteiger partial charge < -0.3 is 20.7 Å². The first-order chi connectivity index (χ1) is 14.4. The Balaban J connectivity index is 2.23. The van der Waals surface area contributed by atoms with E-state index in [0.29, 0.717) is 11.4 Å². The van der Waals surface area contributed by atoms with Crippen molar-refractivity contribution in [2.45, 2.75) is 20.8 Å². The van der Waals surface area contributed by atoms with Crippen LogP contribution < -0.4 is 21.0 Å². The summed E-state index contributed by atoms with van der Waals surface area (Å²) in [4.78, 5) is 22.8. The second kappa shape index (κ2) is 10.6. The Morgan fingerprint density at radius 2 is 1.73 bits per heavy atom. The third-order valence-corrected chi connectivity index (χ3v) is 4.01. The maximum atomic E-state index is 13.0. The van der Waals surface area contributed by atoms with Crippen molar-refractivity contribution >= 4 is 23.2 Å².